The molecule has 1 aliphatic rings. The van der Waals surface area contributed by atoms with Crippen molar-refractivity contribution in [3.8, 4) is 11.1 Å². The summed E-state index contributed by atoms with van der Waals surface area (Å²) >= 11 is 6.16. The van der Waals surface area contributed by atoms with E-state index in [2.05, 4.69) is 9.97 Å². The highest BCUT2D eigenvalue weighted by Crippen LogP contribution is 2.44. The first kappa shape index (κ1) is 20.3. The van der Waals surface area contributed by atoms with E-state index < -0.39 is 17.6 Å². The molecule has 1 aromatic heterocycles. The van der Waals surface area contributed by atoms with Crippen molar-refractivity contribution in [2.75, 3.05) is 4.90 Å². The van der Waals surface area contributed by atoms with Gasteiger partial charge in [-0.15, -0.1) is 0 Å². The van der Waals surface area contributed by atoms with Crippen molar-refractivity contribution in [1.82, 2.24) is 9.97 Å². The SMILES string of the molecule is O=C1C(Cc2cc(F)cc(F)c2)c2cc(-c3cccc(Cl)c3)ccc2N1c1cnccn1. The molecule has 0 N–H and O–H groups in total. The maximum absolute atomic E-state index is 13.8. The number of anilines is 2. The zero-order valence-corrected chi connectivity index (χ0v) is 17.4. The second-order valence-electron chi connectivity index (χ2n) is 7.56. The average Bonchev–Trinajstić information content (AvgIpc) is 3.04. The van der Waals surface area contributed by atoms with Crippen molar-refractivity contribution in [1.29, 1.82) is 0 Å². The maximum atomic E-state index is 13.8. The number of nitrogens with zero attached hydrogens (tertiary/aromatic N) is 3. The van der Waals surface area contributed by atoms with Crippen LogP contribution < -0.4 is 4.90 Å². The minimum atomic E-state index is -0.677. The van der Waals surface area contributed by atoms with Gasteiger partial charge < -0.3 is 0 Å². The summed E-state index contributed by atoms with van der Waals surface area (Å²) in [6.07, 6.45) is 4.70. The number of hydrogen-bond donors (Lipinski definition) is 0. The van der Waals surface area contributed by atoms with Gasteiger partial charge in [0.2, 0.25) is 5.91 Å². The van der Waals surface area contributed by atoms with Gasteiger partial charge in [-0.1, -0.05) is 29.8 Å². The largest absolute Gasteiger partial charge is 0.273 e. The minimum Gasteiger partial charge on any atom is -0.273 e. The lowest BCUT2D eigenvalue weighted by atomic mass is 9.91. The third kappa shape index (κ3) is 3.74. The van der Waals surface area contributed by atoms with Gasteiger partial charge >= 0.3 is 0 Å². The van der Waals surface area contributed by atoms with E-state index in [-0.39, 0.29) is 12.3 Å². The topological polar surface area (TPSA) is 46.1 Å². The Kier molecular flexibility index (Phi) is 5.15. The van der Waals surface area contributed by atoms with Gasteiger partial charge in [-0.2, -0.15) is 0 Å². The fraction of sp³-hybridized carbons (Fsp3) is 0.0800. The Hall–Kier alpha value is -3.64. The first-order valence-electron chi connectivity index (χ1n) is 9.94. The summed E-state index contributed by atoms with van der Waals surface area (Å²) in [7, 11) is 0. The summed E-state index contributed by atoms with van der Waals surface area (Å²) in [5.74, 6) is -1.82. The summed E-state index contributed by atoms with van der Waals surface area (Å²) in [6.45, 7) is 0. The van der Waals surface area contributed by atoms with Crippen LogP contribution in [0.4, 0.5) is 20.3 Å². The molecule has 0 bridgehead atoms. The van der Waals surface area contributed by atoms with Gasteiger partial charge in [0.05, 0.1) is 17.8 Å². The molecule has 1 atom stereocenters. The summed E-state index contributed by atoms with van der Waals surface area (Å²) in [5.41, 5.74) is 3.61. The zero-order chi connectivity index (χ0) is 22.2. The van der Waals surface area contributed by atoms with Gasteiger partial charge in [-0.05, 0) is 65.1 Å². The van der Waals surface area contributed by atoms with Gasteiger partial charge in [-0.3, -0.25) is 14.7 Å². The van der Waals surface area contributed by atoms with Crippen molar-refractivity contribution in [3.63, 3.8) is 0 Å². The molecule has 5 rings (SSSR count). The smallest absolute Gasteiger partial charge is 0.240 e. The predicted molar refractivity (Wildman–Crippen MR) is 119 cm³/mol. The van der Waals surface area contributed by atoms with E-state index in [0.29, 0.717) is 22.1 Å². The number of halogens is 3. The normalized spacial score (nSPS) is 15.2. The first-order chi connectivity index (χ1) is 15.5. The zero-order valence-electron chi connectivity index (χ0n) is 16.7. The van der Waals surface area contributed by atoms with E-state index in [0.717, 1.165) is 22.8 Å². The standard InChI is InChI=1S/C25H16ClF2N3O/c26-18-3-1-2-16(11-18)17-4-5-23-21(12-17)22(10-15-8-19(27)13-20(28)9-15)25(32)31(23)24-14-29-6-7-30-24/h1-9,11-14,22H,10H2. The Bertz CT molecular complexity index is 1310. The summed E-state index contributed by atoms with van der Waals surface area (Å²) in [6, 6.07) is 16.4. The molecular weight excluding hydrogens is 432 g/mol. The van der Waals surface area contributed by atoms with Crippen LogP contribution in [0.5, 0.6) is 0 Å². The van der Waals surface area contributed by atoms with Crippen molar-refractivity contribution in [2.45, 2.75) is 12.3 Å². The van der Waals surface area contributed by atoms with Crippen LogP contribution >= 0.6 is 11.6 Å². The molecule has 0 radical (unpaired) electrons. The minimum absolute atomic E-state index is 0.149. The number of carbonyl (C=O) groups excluding carboxylic acids is 1. The lowest BCUT2D eigenvalue weighted by Gasteiger charge is -2.16. The summed E-state index contributed by atoms with van der Waals surface area (Å²) < 4.78 is 27.6. The molecule has 4 aromatic rings. The second kappa shape index (κ2) is 8.13. The monoisotopic (exact) mass is 447 g/mol. The summed E-state index contributed by atoms with van der Waals surface area (Å²) in [5, 5.41) is 0.604. The highest BCUT2D eigenvalue weighted by Gasteiger charge is 2.39. The number of rotatable bonds is 4. The van der Waals surface area contributed by atoms with E-state index in [4.69, 9.17) is 11.6 Å². The lowest BCUT2D eigenvalue weighted by molar-refractivity contribution is -0.118. The Morgan fingerprint density at radius 1 is 0.938 bits per heavy atom. The first-order valence-corrected chi connectivity index (χ1v) is 10.3. The number of hydrogen-bond acceptors (Lipinski definition) is 3. The highest BCUT2D eigenvalue weighted by atomic mass is 35.5. The van der Waals surface area contributed by atoms with Gasteiger partial charge in [-0.25, -0.2) is 13.8 Å². The molecule has 2 heterocycles. The molecule has 7 heteroatoms. The Morgan fingerprint density at radius 3 is 2.44 bits per heavy atom. The predicted octanol–water partition coefficient (Wildman–Crippen LogP) is 6.08. The van der Waals surface area contributed by atoms with E-state index in [1.165, 1.54) is 35.6 Å². The lowest BCUT2D eigenvalue weighted by Crippen LogP contribution is -2.25. The van der Waals surface area contributed by atoms with Crippen LogP contribution in [-0.4, -0.2) is 15.9 Å². The number of fused-ring (bicyclic) bond motifs is 1. The molecule has 4 nitrogen and oxygen atoms in total. The summed E-state index contributed by atoms with van der Waals surface area (Å²) in [4.78, 5) is 23.3. The fourth-order valence-corrected chi connectivity index (χ4v) is 4.29. The maximum Gasteiger partial charge on any atom is 0.240 e. The van der Waals surface area contributed by atoms with E-state index in [1.54, 1.807) is 6.07 Å². The molecule has 0 aliphatic carbocycles. The van der Waals surface area contributed by atoms with Crippen molar-refractivity contribution >= 4 is 29.0 Å². The van der Waals surface area contributed by atoms with Crippen molar-refractivity contribution in [2.24, 2.45) is 0 Å². The molecule has 3 aromatic carbocycles. The molecule has 1 unspecified atom stereocenters. The van der Waals surface area contributed by atoms with Gasteiger partial charge in [0, 0.05) is 23.5 Å². The van der Waals surface area contributed by atoms with Crippen LogP contribution in [0.25, 0.3) is 11.1 Å². The van der Waals surface area contributed by atoms with Crippen LogP contribution in [0.15, 0.2) is 79.3 Å². The highest BCUT2D eigenvalue weighted by molar-refractivity contribution is 6.30. The number of amides is 1. The van der Waals surface area contributed by atoms with Crippen LogP contribution in [0.1, 0.15) is 17.0 Å². The van der Waals surface area contributed by atoms with Gasteiger partial charge in [0.1, 0.15) is 11.6 Å². The Balaban J connectivity index is 1.62. The number of benzene rings is 3. The van der Waals surface area contributed by atoms with Crippen LogP contribution in [0.3, 0.4) is 0 Å². The molecule has 158 valence electrons. The van der Waals surface area contributed by atoms with Crippen LogP contribution in [-0.2, 0) is 11.2 Å². The van der Waals surface area contributed by atoms with Crippen LogP contribution in [0.2, 0.25) is 5.02 Å². The molecule has 1 amide bonds. The Morgan fingerprint density at radius 2 is 1.72 bits per heavy atom. The van der Waals surface area contributed by atoms with E-state index in [9.17, 15) is 13.6 Å². The number of aromatic nitrogens is 2. The third-order valence-corrected chi connectivity index (χ3v) is 5.70. The fourth-order valence-electron chi connectivity index (χ4n) is 4.10. The molecule has 0 fully saturated rings. The van der Waals surface area contributed by atoms with E-state index in [1.807, 2.05) is 36.4 Å². The molecule has 32 heavy (non-hydrogen) atoms. The number of carbonyl (C=O) groups is 1. The molecule has 1 aliphatic heterocycles. The van der Waals surface area contributed by atoms with Crippen molar-refractivity contribution in [3.05, 3.63) is 107 Å². The molecule has 0 saturated heterocycles. The van der Waals surface area contributed by atoms with Gasteiger partial charge in [0.15, 0.2) is 5.82 Å². The quantitative estimate of drug-likeness (QED) is 0.381. The molecule has 0 spiro atoms. The van der Waals surface area contributed by atoms with Crippen molar-refractivity contribution < 1.29 is 13.6 Å². The molecular formula is C25H16ClF2N3O. The average molecular weight is 448 g/mol. The van der Waals surface area contributed by atoms with Crippen LogP contribution in [0, 0.1) is 11.6 Å². The molecule has 0 saturated carbocycles. The van der Waals surface area contributed by atoms with Gasteiger partial charge in [0.25, 0.3) is 0 Å². The second-order valence-corrected chi connectivity index (χ2v) is 7.99. The van der Waals surface area contributed by atoms with E-state index >= 15 is 0 Å². The third-order valence-electron chi connectivity index (χ3n) is 5.46. The Labute approximate surface area is 188 Å².